The SMILES string of the molecule is Cc1ccc(NC(=O)[C@@H]2CCCN(S(=O)(=O)c3ccc4nc(-c5ccccc5)[nH]c4c3)C2)cc1. The van der Waals surface area contributed by atoms with Crippen molar-refractivity contribution in [2.45, 2.75) is 24.7 Å². The highest BCUT2D eigenvalue weighted by Crippen LogP contribution is 2.28. The molecule has 2 N–H and O–H groups in total. The highest BCUT2D eigenvalue weighted by atomic mass is 32.2. The lowest BCUT2D eigenvalue weighted by molar-refractivity contribution is -0.120. The zero-order valence-corrected chi connectivity index (χ0v) is 19.7. The highest BCUT2D eigenvalue weighted by Gasteiger charge is 2.33. The number of H-pyrrole nitrogens is 1. The maximum absolute atomic E-state index is 13.4. The van der Waals surface area contributed by atoms with Gasteiger partial charge in [-0.25, -0.2) is 13.4 Å². The van der Waals surface area contributed by atoms with E-state index in [4.69, 9.17) is 0 Å². The van der Waals surface area contributed by atoms with Gasteiger partial charge in [0.25, 0.3) is 0 Å². The van der Waals surface area contributed by atoms with Gasteiger partial charge in [-0.2, -0.15) is 4.31 Å². The molecule has 0 unspecified atom stereocenters. The van der Waals surface area contributed by atoms with Gasteiger partial charge in [-0.3, -0.25) is 4.79 Å². The zero-order chi connectivity index (χ0) is 23.7. The minimum absolute atomic E-state index is 0.153. The van der Waals surface area contributed by atoms with Crippen molar-refractivity contribution in [2.24, 2.45) is 5.92 Å². The first-order valence-corrected chi connectivity index (χ1v) is 12.8. The normalized spacial score (nSPS) is 17.0. The lowest BCUT2D eigenvalue weighted by Gasteiger charge is -2.31. The van der Waals surface area contributed by atoms with Gasteiger partial charge in [0.1, 0.15) is 5.82 Å². The molecule has 1 aromatic heterocycles. The van der Waals surface area contributed by atoms with Crippen molar-refractivity contribution in [3.8, 4) is 11.4 Å². The molecule has 174 valence electrons. The number of anilines is 1. The van der Waals surface area contributed by atoms with Crippen LogP contribution in [0.2, 0.25) is 0 Å². The molecule has 8 heteroatoms. The third kappa shape index (κ3) is 4.47. The van der Waals surface area contributed by atoms with E-state index < -0.39 is 15.9 Å². The average Bonchev–Trinajstić information content (AvgIpc) is 3.30. The Kier molecular flexibility index (Phi) is 5.93. The van der Waals surface area contributed by atoms with E-state index in [1.54, 1.807) is 18.2 Å². The van der Waals surface area contributed by atoms with E-state index in [1.807, 2.05) is 61.5 Å². The number of imidazole rings is 1. The summed E-state index contributed by atoms with van der Waals surface area (Å²) in [6.07, 6.45) is 1.29. The molecule has 5 rings (SSSR count). The van der Waals surface area contributed by atoms with E-state index in [2.05, 4.69) is 15.3 Å². The van der Waals surface area contributed by atoms with Crippen molar-refractivity contribution in [2.75, 3.05) is 18.4 Å². The monoisotopic (exact) mass is 474 g/mol. The topological polar surface area (TPSA) is 95.2 Å². The predicted octanol–water partition coefficient (Wildman–Crippen LogP) is 4.58. The van der Waals surface area contributed by atoms with Crippen molar-refractivity contribution >= 4 is 32.7 Å². The molecule has 0 aliphatic carbocycles. The molecule has 34 heavy (non-hydrogen) atoms. The van der Waals surface area contributed by atoms with E-state index in [-0.39, 0.29) is 17.3 Å². The van der Waals surface area contributed by atoms with Crippen LogP contribution < -0.4 is 5.32 Å². The summed E-state index contributed by atoms with van der Waals surface area (Å²) in [5.41, 5.74) is 4.12. The number of hydrogen-bond acceptors (Lipinski definition) is 4. The van der Waals surface area contributed by atoms with Gasteiger partial charge in [0.05, 0.1) is 21.8 Å². The molecule has 1 aliphatic rings. The number of carbonyl (C=O) groups is 1. The van der Waals surface area contributed by atoms with Crippen LogP contribution in [0.5, 0.6) is 0 Å². The summed E-state index contributed by atoms with van der Waals surface area (Å²) in [6, 6.07) is 22.2. The smallest absolute Gasteiger partial charge is 0.243 e. The molecule has 0 spiro atoms. The fraction of sp³-hybridized carbons (Fsp3) is 0.231. The number of piperidine rings is 1. The number of aryl methyl sites for hydroxylation is 1. The molecule has 0 radical (unpaired) electrons. The van der Waals surface area contributed by atoms with Gasteiger partial charge in [0, 0.05) is 24.3 Å². The van der Waals surface area contributed by atoms with Crippen LogP contribution in [0, 0.1) is 12.8 Å². The van der Waals surface area contributed by atoms with E-state index in [9.17, 15) is 13.2 Å². The van der Waals surface area contributed by atoms with Crippen LogP contribution in [-0.4, -0.2) is 41.7 Å². The summed E-state index contributed by atoms with van der Waals surface area (Å²) in [7, 11) is -3.75. The molecule has 1 amide bonds. The first kappa shape index (κ1) is 22.3. The van der Waals surface area contributed by atoms with Crippen LogP contribution in [0.3, 0.4) is 0 Å². The molecule has 3 aromatic carbocycles. The van der Waals surface area contributed by atoms with Gasteiger partial charge in [0.2, 0.25) is 15.9 Å². The molecule has 1 atom stereocenters. The molecule has 1 saturated heterocycles. The average molecular weight is 475 g/mol. The van der Waals surface area contributed by atoms with Crippen molar-refractivity contribution in [1.29, 1.82) is 0 Å². The van der Waals surface area contributed by atoms with Crippen LogP contribution in [0.15, 0.2) is 77.7 Å². The summed E-state index contributed by atoms with van der Waals surface area (Å²) < 4.78 is 28.3. The molecular formula is C26H26N4O3S. The van der Waals surface area contributed by atoms with Crippen LogP contribution in [0.4, 0.5) is 5.69 Å². The molecular weight excluding hydrogens is 448 g/mol. The zero-order valence-electron chi connectivity index (χ0n) is 18.9. The van der Waals surface area contributed by atoms with E-state index >= 15 is 0 Å². The molecule has 1 fully saturated rings. The molecule has 4 aromatic rings. The van der Waals surface area contributed by atoms with Crippen molar-refractivity contribution < 1.29 is 13.2 Å². The van der Waals surface area contributed by atoms with Crippen LogP contribution in [-0.2, 0) is 14.8 Å². The molecule has 1 aliphatic heterocycles. The van der Waals surface area contributed by atoms with Gasteiger partial charge in [0.15, 0.2) is 0 Å². The number of aromatic nitrogens is 2. The summed E-state index contributed by atoms with van der Waals surface area (Å²) >= 11 is 0. The fourth-order valence-corrected chi connectivity index (χ4v) is 5.84. The maximum atomic E-state index is 13.4. The second kappa shape index (κ2) is 9.04. The van der Waals surface area contributed by atoms with E-state index in [0.717, 1.165) is 16.8 Å². The molecule has 2 heterocycles. The predicted molar refractivity (Wildman–Crippen MR) is 133 cm³/mol. The van der Waals surface area contributed by atoms with Crippen LogP contribution >= 0.6 is 0 Å². The minimum Gasteiger partial charge on any atom is -0.338 e. The largest absolute Gasteiger partial charge is 0.338 e. The lowest BCUT2D eigenvalue weighted by Crippen LogP contribution is -2.43. The Bertz CT molecular complexity index is 1430. The quantitative estimate of drug-likeness (QED) is 0.443. The first-order chi connectivity index (χ1) is 16.4. The first-order valence-electron chi connectivity index (χ1n) is 11.3. The van der Waals surface area contributed by atoms with E-state index in [0.29, 0.717) is 36.2 Å². The van der Waals surface area contributed by atoms with Crippen LogP contribution in [0.25, 0.3) is 22.4 Å². The molecule has 7 nitrogen and oxygen atoms in total. The lowest BCUT2D eigenvalue weighted by atomic mass is 9.98. The Hall–Kier alpha value is -3.49. The van der Waals surface area contributed by atoms with Crippen LogP contribution in [0.1, 0.15) is 18.4 Å². The summed E-state index contributed by atoms with van der Waals surface area (Å²) in [5, 5.41) is 2.92. The second-order valence-electron chi connectivity index (χ2n) is 8.69. The summed E-state index contributed by atoms with van der Waals surface area (Å²) in [6.45, 7) is 2.54. The Labute approximate surface area is 198 Å². The Balaban J connectivity index is 1.35. The Morgan fingerprint density at radius 1 is 1.06 bits per heavy atom. The number of fused-ring (bicyclic) bond motifs is 1. The number of amides is 1. The Morgan fingerprint density at radius 2 is 1.82 bits per heavy atom. The highest BCUT2D eigenvalue weighted by molar-refractivity contribution is 7.89. The number of benzene rings is 3. The standard InChI is InChI=1S/C26H26N4O3S/c1-18-9-11-21(12-10-18)27-26(31)20-8-5-15-30(17-20)34(32,33)22-13-14-23-24(16-22)29-25(28-23)19-6-3-2-4-7-19/h2-4,6-7,9-14,16,20H,5,8,15,17H2,1H3,(H,27,31)(H,28,29)/t20-/m1/s1. The number of hydrogen-bond donors (Lipinski definition) is 2. The molecule has 0 saturated carbocycles. The van der Waals surface area contributed by atoms with Gasteiger partial charge in [-0.15, -0.1) is 0 Å². The Morgan fingerprint density at radius 3 is 2.59 bits per heavy atom. The number of carbonyl (C=O) groups excluding carboxylic acids is 1. The minimum atomic E-state index is -3.75. The number of rotatable bonds is 5. The number of sulfonamides is 1. The third-order valence-corrected chi connectivity index (χ3v) is 8.07. The van der Waals surface area contributed by atoms with Crippen molar-refractivity contribution in [3.63, 3.8) is 0 Å². The van der Waals surface area contributed by atoms with Gasteiger partial charge >= 0.3 is 0 Å². The van der Waals surface area contributed by atoms with Gasteiger partial charge < -0.3 is 10.3 Å². The van der Waals surface area contributed by atoms with Gasteiger partial charge in [-0.1, -0.05) is 48.0 Å². The van der Waals surface area contributed by atoms with Crippen molar-refractivity contribution in [1.82, 2.24) is 14.3 Å². The number of nitrogens with one attached hydrogen (secondary N) is 2. The van der Waals surface area contributed by atoms with E-state index in [1.165, 1.54) is 4.31 Å². The second-order valence-corrected chi connectivity index (χ2v) is 10.6. The van der Waals surface area contributed by atoms with Crippen molar-refractivity contribution in [3.05, 3.63) is 78.4 Å². The third-order valence-electron chi connectivity index (χ3n) is 6.21. The summed E-state index contributed by atoms with van der Waals surface area (Å²) in [4.78, 5) is 20.8. The van der Waals surface area contributed by atoms with Gasteiger partial charge in [-0.05, 0) is 50.1 Å². The fourth-order valence-electron chi connectivity index (χ4n) is 4.29. The summed E-state index contributed by atoms with van der Waals surface area (Å²) in [5.74, 6) is 0.140. The number of nitrogens with zero attached hydrogens (tertiary/aromatic N) is 2. The maximum Gasteiger partial charge on any atom is 0.243 e. The number of aromatic amines is 1. The molecule has 0 bridgehead atoms.